The molecule has 0 N–H and O–H groups in total. The molecule has 1 aromatic rings. The van der Waals surface area contributed by atoms with E-state index in [1.54, 1.807) is 0 Å². The smallest absolute Gasteiger partial charge is 0.120 e. The molecule has 3 nitrogen and oxygen atoms in total. The first kappa shape index (κ1) is 17.8. The van der Waals surface area contributed by atoms with Gasteiger partial charge in [-0.1, -0.05) is 19.9 Å². The molecule has 2 aliphatic heterocycles. The van der Waals surface area contributed by atoms with E-state index in [4.69, 9.17) is 4.74 Å². The van der Waals surface area contributed by atoms with E-state index in [9.17, 15) is 0 Å². The molecule has 1 atom stereocenters. The van der Waals surface area contributed by atoms with Crippen LogP contribution < -0.4 is 4.74 Å². The van der Waals surface area contributed by atoms with Gasteiger partial charge in [0, 0.05) is 19.6 Å². The van der Waals surface area contributed by atoms with Crippen molar-refractivity contribution in [2.45, 2.75) is 58.6 Å². The second-order valence-corrected chi connectivity index (χ2v) is 8.11. The van der Waals surface area contributed by atoms with Gasteiger partial charge < -0.3 is 9.64 Å². The van der Waals surface area contributed by atoms with Gasteiger partial charge in [0.2, 0.25) is 0 Å². The fourth-order valence-corrected chi connectivity index (χ4v) is 3.82. The van der Waals surface area contributed by atoms with E-state index in [1.807, 2.05) is 0 Å². The molecule has 2 aliphatic rings. The second-order valence-electron chi connectivity index (χ2n) is 8.11. The highest BCUT2D eigenvalue weighted by molar-refractivity contribution is 5.37. The molecule has 0 spiro atoms. The van der Waals surface area contributed by atoms with Gasteiger partial charge in [0.15, 0.2) is 0 Å². The second kappa shape index (κ2) is 8.35. The van der Waals surface area contributed by atoms with E-state index in [0.717, 1.165) is 31.2 Å². The van der Waals surface area contributed by atoms with Gasteiger partial charge in [-0.2, -0.15) is 0 Å². The highest BCUT2D eigenvalue weighted by Crippen LogP contribution is 2.26. The summed E-state index contributed by atoms with van der Waals surface area (Å²) in [7, 11) is 2.22. The fraction of sp³-hybridized carbons (Fsp3) is 0.714. The molecule has 2 heterocycles. The van der Waals surface area contributed by atoms with E-state index in [2.05, 4.69) is 48.9 Å². The molecule has 0 bridgehead atoms. The lowest BCUT2D eigenvalue weighted by atomic mass is 9.98. The Kier molecular flexibility index (Phi) is 6.18. The van der Waals surface area contributed by atoms with Crippen LogP contribution in [0, 0.1) is 5.92 Å². The van der Waals surface area contributed by atoms with Crippen LogP contribution in [0.1, 0.15) is 50.7 Å². The topological polar surface area (TPSA) is 15.7 Å². The molecule has 0 aromatic heterocycles. The van der Waals surface area contributed by atoms with Gasteiger partial charge in [-0.25, -0.2) is 0 Å². The predicted octanol–water partition coefficient (Wildman–Crippen LogP) is 3.95. The molecule has 3 rings (SSSR count). The average Bonchev–Trinajstić information content (AvgIpc) is 2.77. The van der Waals surface area contributed by atoms with Crippen molar-refractivity contribution >= 4 is 0 Å². The SMILES string of the molecule is CC(C)CCN1CCc2ccc(OC3CCCN(C)CC3)cc2C1. The molecular weight excluding hydrogens is 296 g/mol. The minimum Gasteiger partial charge on any atom is -0.490 e. The number of rotatable bonds is 5. The fourth-order valence-electron chi connectivity index (χ4n) is 3.82. The highest BCUT2D eigenvalue weighted by Gasteiger charge is 2.19. The molecule has 3 heteroatoms. The summed E-state index contributed by atoms with van der Waals surface area (Å²) >= 11 is 0. The predicted molar refractivity (Wildman–Crippen MR) is 101 cm³/mol. The molecule has 1 unspecified atom stereocenters. The maximum absolute atomic E-state index is 6.34. The lowest BCUT2D eigenvalue weighted by molar-refractivity contribution is 0.182. The number of nitrogens with zero attached hydrogens (tertiary/aromatic N) is 2. The van der Waals surface area contributed by atoms with E-state index >= 15 is 0 Å². The number of ether oxygens (including phenoxy) is 1. The molecule has 1 fully saturated rings. The minimum atomic E-state index is 0.383. The summed E-state index contributed by atoms with van der Waals surface area (Å²) in [6, 6.07) is 6.80. The Hall–Kier alpha value is -1.06. The lowest BCUT2D eigenvalue weighted by Gasteiger charge is -2.30. The molecule has 1 aromatic carbocycles. The molecule has 0 amide bonds. The summed E-state index contributed by atoms with van der Waals surface area (Å²) in [5.74, 6) is 1.86. The van der Waals surface area contributed by atoms with Crippen LogP contribution in [-0.4, -0.2) is 49.1 Å². The van der Waals surface area contributed by atoms with Crippen LogP contribution in [0.2, 0.25) is 0 Å². The molecule has 1 saturated heterocycles. The van der Waals surface area contributed by atoms with Crippen LogP contribution in [-0.2, 0) is 13.0 Å². The number of hydrogen-bond acceptors (Lipinski definition) is 3. The van der Waals surface area contributed by atoms with Crippen molar-refractivity contribution in [2.75, 3.05) is 33.2 Å². The first-order valence-corrected chi connectivity index (χ1v) is 9.79. The Morgan fingerprint density at radius 1 is 1.12 bits per heavy atom. The Bertz CT molecular complexity index is 529. The van der Waals surface area contributed by atoms with Gasteiger partial charge in [-0.15, -0.1) is 0 Å². The van der Waals surface area contributed by atoms with Crippen LogP contribution in [0.5, 0.6) is 5.75 Å². The Balaban J connectivity index is 1.60. The number of fused-ring (bicyclic) bond motifs is 1. The van der Waals surface area contributed by atoms with Gasteiger partial charge in [0.05, 0.1) is 6.10 Å². The first-order valence-electron chi connectivity index (χ1n) is 9.79. The number of benzene rings is 1. The van der Waals surface area contributed by atoms with E-state index in [0.29, 0.717) is 6.10 Å². The van der Waals surface area contributed by atoms with Crippen molar-refractivity contribution in [3.8, 4) is 5.75 Å². The Morgan fingerprint density at radius 2 is 2.00 bits per heavy atom. The molecule has 134 valence electrons. The van der Waals surface area contributed by atoms with Crippen LogP contribution in [0.4, 0.5) is 0 Å². The highest BCUT2D eigenvalue weighted by atomic mass is 16.5. The zero-order valence-electron chi connectivity index (χ0n) is 15.8. The monoisotopic (exact) mass is 330 g/mol. The normalized spacial score (nSPS) is 23.1. The maximum Gasteiger partial charge on any atom is 0.120 e. The van der Waals surface area contributed by atoms with Crippen LogP contribution >= 0.6 is 0 Å². The summed E-state index contributed by atoms with van der Waals surface area (Å²) in [5, 5.41) is 0. The van der Waals surface area contributed by atoms with Crippen LogP contribution in [0.15, 0.2) is 18.2 Å². The zero-order valence-corrected chi connectivity index (χ0v) is 15.8. The quantitative estimate of drug-likeness (QED) is 0.813. The van der Waals surface area contributed by atoms with Crippen molar-refractivity contribution in [2.24, 2.45) is 5.92 Å². The third-order valence-corrected chi connectivity index (χ3v) is 5.49. The van der Waals surface area contributed by atoms with E-state index < -0.39 is 0 Å². The Morgan fingerprint density at radius 3 is 2.83 bits per heavy atom. The zero-order chi connectivity index (χ0) is 16.9. The third-order valence-electron chi connectivity index (χ3n) is 5.49. The molecule has 0 saturated carbocycles. The standard InChI is InChI=1S/C21H34N2O/c1-17(2)8-13-23-14-9-18-6-7-21(15-19(18)16-23)24-20-5-4-11-22(3)12-10-20/h6-7,15,17,20H,4-5,8-14,16H2,1-3H3. The summed E-state index contributed by atoms with van der Waals surface area (Å²) in [4.78, 5) is 5.02. The van der Waals surface area contributed by atoms with Gasteiger partial charge in [-0.3, -0.25) is 4.90 Å². The van der Waals surface area contributed by atoms with Crippen molar-refractivity contribution in [3.05, 3.63) is 29.3 Å². The number of hydrogen-bond donors (Lipinski definition) is 0. The molecule has 24 heavy (non-hydrogen) atoms. The first-order chi connectivity index (χ1) is 11.6. The molecule has 0 aliphatic carbocycles. The summed E-state index contributed by atoms with van der Waals surface area (Å²) < 4.78 is 6.34. The van der Waals surface area contributed by atoms with Crippen molar-refractivity contribution in [1.29, 1.82) is 0 Å². The molecule has 0 radical (unpaired) electrons. The van der Waals surface area contributed by atoms with Crippen LogP contribution in [0.25, 0.3) is 0 Å². The average molecular weight is 331 g/mol. The van der Waals surface area contributed by atoms with Gasteiger partial charge in [0.1, 0.15) is 5.75 Å². The van der Waals surface area contributed by atoms with Gasteiger partial charge in [-0.05, 0) is 81.4 Å². The number of likely N-dealkylation sites (tertiary alicyclic amines) is 1. The van der Waals surface area contributed by atoms with Crippen LogP contribution in [0.3, 0.4) is 0 Å². The lowest BCUT2D eigenvalue weighted by Crippen LogP contribution is -2.32. The Labute approximate surface area is 148 Å². The van der Waals surface area contributed by atoms with Crippen molar-refractivity contribution in [1.82, 2.24) is 9.80 Å². The molecular formula is C21H34N2O. The largest absolute Gasteiger partial charge is 0.490 e. The maximum atomic E-state index is 6.34. The summed E-state index contributed by atoms with van der Waals surface area (Å²) in [5.41, 5.74) is 3.00. The summed E-state index contributed by atoms with van der Waals surface area (Å²) in [6.07, 6.45) is 6.43. The van der Waals surface area contributed by atoms with E-state index in [-0.39, 0.29) is 0 Å². The summed E-state index contributed by atoms with van der Waals surface area (Å²) in [6.45, 7) is 10.5. The third kappa shape index (κ3) is 4.97. The van der Waals surface area contributed by atoms with Gasteiger partial charge in [0.25, 0.3) is 0 Å². The minimum absolute atomic E-state index is 0.383. The van der Waals surface area contributed by atoms with E-state index in [1.165, 1.54) is 56.4 Å². The van der Waals surface area contributed by atoms with Crippen molar-refractivity contribution in [3.63, 3.8) is 0 Å². The van der Waals surface area contributed by atoms with Gasteiger partial charge >= 0.3 is 0 Å². The van der Waals surface area contributed by atoms with Crippen molar-refractivity contribution < 1.29 is 4.74 Å².